The van der Waals surface area contributed by atoms with Gasteiger partial charge in [0.25, 0.3) is 5.91 Å². The van der Waals surface area contributed by atoms with E-state index in [1.165, 1.54) is 45.6 Å². The Morgan fingerprint density at radius 3 is 2.54 bits per heavy atom. The highest BCUT2D eigenvalue weighted by Gasteiger charge is 2.29. The van der Waals surface area contributed by atoms with Gasteiger partial charge in [0.1, 0.15) is 11.9 Å². The van der Waals surface area contributed by atoms with E-state index in [1.807, 2.05) is 6.07 Å². The van der Waals surface area contributed by atoms with Crippen LogP contribution in [0.4, 0.5) is 4.39 Å². The number of halogens is 2. The summed E-state index contributed by atoms with van der Waals surface area (Å²) in [6.45, 7) is 0.783. The van der Waals surface area contributed by atoms with Gasteiger partial charge >= 0.3 is 0 Å². The quantitative estimate of drug-likeness (QED) is 0.763. The third kappa shape index (κ3) is 4.02. The van der Waals surface area contributed by atoms with Gasteiger partial charge in [0.15, 0.2) is 0 Å². The molecule has 0 aliphatic carbocycles. The summed E-state index contributed by atoms with van der Waals surface area (Å²) in [7, 11) is -3.83. The normalized spacial score (nSPS) is 15.7. The Labute approximate surface area is 167 Å². The van der Waals surface area contributed by atoms with Crippen LogP contribution in [0.25, 0.3) is 0 Å². The Balaban J connectivity index is 1.78. The first kappa shape index (κ1) is 20.3. The lowest BCUT2D eigenvalue weighted by molar-refractivity contribution is 0.0759. The average Bonchev–Trinajstić information content (AvgIpc) is 2.94. The number of rotatable bonds is 3. The van der Waals surface area contributed by atoms with Crippen LogP contribution in [0.1, 0.15) is 22.3 Å². The second kappa shape index (κ2) is 8.27. The second-order valence-corrected chi connectivity index (χ2v) is 8.63. The van der Waals surface area contributed by atoms with Gasteiger partial charge < -0.3 is 4.90 Å². The molecule has 2 aromatic carbocycles. The zero-order valence-electron chi connectivity index (χ0n) is 14.8. The van der Waals surface area contributed by atoms with Crippen molar-refractivity contribution in [1.29, 1.82) is 5.26 Å². The number of carbonyl (C=O) groups excluding carboxylic acids is 1. The molecule has 0 unspecified atom stereocenters. The van der Waals surface area contributed by atoms with Gasteiger partial charge in [0.05, 0.1) is 21.0 Å². The molecule has 3 rings (SSSR count). The Bertz CT molecular complexity index is 1050. The number of carbonyl (C=O) groups is 1. The lowest BCUT2D eigenvalue weighted by Gasteiger charge is -2.22. The third-order valence-electron chi connectivity index (χ3n) is 4.55. The fraction of sp³-hybridized carbons (Fsp3) is 0.263. The van der Waals surface area contributed by atoms with Crippen LogP contribution in [-0.4, -0.2) is 49.7 Å². The number of sulfonamides is 1. The van der Waals surface area contributed by atoms with E-state index in [0.717, 1.165) is 0 Å². The van der Waals surface area contributed by atoms with Gasteiger partial charge in [-0.1, -0.05) is 23.7 Å². The number of nitriles is 1. The predicted octanol–water partition coefficient (Wildman–Crippen LogP) is 2.89. The molecule has 0 aromatic heterocycles. The lowest BCUT2D eigenvalue weighted by atomic mass is 10.2. The van der Waals surface area contributed by atoms with Crippen LogP contribution >= 0.6 is 11.6 Å². The number of hydrogen-bond acceptors (Lipinski definition) is 4. The maximum absolute atomic E-state index is 13.9. The molecule has 0 bridgehead atoms. The van der Waals surface area contributed by atoms with Crippen LogP contribution in [0.15, 0.2) is 47.4 Å². The Kier molecular flexibility index (Phi) is 5.98. The van der Waals surface area contributed by atoms with Crippen LogP contribution in [0.3, 0.4) is 0 Å². The van der Waals surface area contributed by atoms with Gasteiger partial charge in [-0.15, -0.1) is 0 Å². The van der Waals surface area contributed by atoms with Crippen LogP contribution in [0.2, 0.25) is 5.02 Å². The first-order valence-electron chi connectivity index (χ1n) is 8.58. The summed E-state index contributed by atoms with van der Waals surface area (Å²) in [6, 6.07) is 11.6. The molecule has 0 atom stereocenters. The highest BCUT2D eigenvalue weighted by Crippen LogP contribution is 2.24. The van der Waals surface area contributed by atoms with Crippen molar-refractivity contribution in [2.24, 2.45) is 0 Å². The van der Waals surface area contributed by atoms with Gasteiger partial charge in [0, 0.05) is 26.2 Å². The molecule has 1 heterocycles. The molecule has 6 nitrogen and oxygen atoms in total. The van der Waals surface area contributed by atoms with Crippen LogP contribution in [0.5, 0.6) is 0 Å². The van der Waals surface area contributed by atoms with E-state index in [0.29, 0.717) is 13.0 Å². The highest BCUT2D eigenvalue weighted by atomic mass is 35.5. The minimum absolute atomic E-state index is 0.00891. The minimum Gasteiger partial charge on any atom is -0.337 e. The summed E-state index contributed by atoms with van der Waals surface area (Å²) in [5, 5.41) is 9.00. The van der Waals surface area contributed by atoms with E-state index >= 15 is 0 Å². The Morgan fingerprint density at radius 1 is 1.11 bits per heavy atom. The van der Waals surface area contributed by atoms with Gasteiger partial charge in [0.2, 0.25) is 10.0 Å². The highest BCUT2D eigenvalue weighted by molar-refractivity contribution is 7.89. The summed E-state index contributed by atoms with van der Waals surface area (Å²) in [4.78, 5) is 14.0. The molecule has 0 N–H and O–H groups in total. The molecule has 9 heteroatoms. The van der Waals surface area contributed by atoms with Crippen molar-refractivity contribution in [2.45, 2.75) is 11.3 Å². The zero-order chi connectivity index (χ0) is 20.3. The molecule has 1 saturated heterocycles. The fourth-order valence-electron chi connectivity index (χ4n) is 3.04. The molecule has 1 amide bonds. The molecule has 146 valence electrons. The fourth-order valence-corrected chi connectivity index (χ4v) is 4.82. The molecule has 0 saturated carbocycles. The van der Waals surface area contributed by atoms with Crippen LogP contribution in [-0.2, 0) is 10.0 Å². The van der Waals surface area contributed by atoms with Crippen molar-refractivity contribution in [3.05, 3.63) is 64.4 Å². The average molecular weight is 422 g/mol. The maximum Gasteiger partial charge on any atom is 0.256 e. The van der Waals surface area contributed by atoms with Gasteiger partial charge in [-0.25, -0.2) is 12.8 Å². The molecule has 0 spiro atoms. The van der Waals surface area contributed by atoms with Gasteiger partial charge in [-0.05, 0) is 36.8 Å². The first-order valence-corrected chi connectivity index (χ1v) is 10.4. The summed E-state index contributed by atoms with van der Waals surface area (Å²) in [6.07, 6.45) is 0.420. The maximum atomic E-state index is 13.9. The monoisotopic (exact) mass is 421 g/mol. The molecule has 28 heavy (non-hydrogen) atoms. The van der Waals surface area contributed by atoms with E-state index in [-0.39, 0.29) is 40.7 Å². The van der Waals surface area contributed by atoms with Crippen molar-refractivity contribution >= 4 is 27.5 Å². The van der Waals surface area contributed by atoms with Crippen molar-refractivity contribution in [2.75, 3.05) is 26.2 Å². The molecule has 2 aromatic rings. The van der Waals surface area contributed by atoms with Crippen molar-refractivity contribution in [3.8, 4) is 6.07 Å². The summed E-state index contributed by atoms with van der Waals surface area (Å²) < 4.78 is 41.0. The third-order valence-corrected chi connectivity index (χ3v) is 6.75. The summed E-state index contributed by atoms with van der Waals surface area (Å²) in [5.41, 5.74) is 0.163. The largest absolute Gasteiger partial charge is 0.337 e. The summed E-state index contributed by atoms with van der Waals surface area (Å²) >= 11 is 5.96. The second-order valence-electron chi connectivity index (χ2n) is 6.28. The van der Waals surface area contributed by atoms with E-state index in [1.54, 1.807) is 6.07 Å². The van der Waals surface area contributed by atoms with Crippen molar-refractivity contribution in [3.63, 3.8) is 0 Å². The zero-order valence-corrected chi connectivity index (χ0v) is 16.4. The molecular formula is C19H17ClFN3O3S. The Morgan fingerprint density at radius 2 is 1.86 bits per heavy atom. The predicted molar refractivity (Wildman–Crippen MR) is 102 cm³/mol. The van der Waals surface area contributed by atoms with Crippen molar-refractivity contribution < 1.29 is 17.6 Å². The Hall–Kier alpha value is -2.47. The molecular weight excluding hydrogens is 405 g/mol. The lowest BCUT2D eigenvalue weighted by Crippen LogP contribution is -2.37. The molecule has 0 radical (unpaired) electrons. The molecule has 1 aliphatic rings. The smallest absolute Gasteiger partial charge is 0.256 e. The number of amides is 1. The standard InChI is InChI=1S/C19H17ClFN3O3S/c20-17-12-15(7-6-14(17)13-22)28(26,27)24-9-3-8-23(10-11-24)19(25)16-4-1-2-5-18(16)21/h1-2,4-7,12H,3,8-11H2. The molecule has 1 aliphatic heterocycles. The summed E-state index contributed by atoms with van der Waals surface area (Å²) in [5.74, 6) is -1.06. The number of benzene rings is 2. The topological polar surface area (TPSA) is 81.5 Å². The number of hydrogen-bond donors (Lipinski definition) is 0. The van der Waals surface area contributed by atoms with Crippen molar-refractivity contribution in [1.82, 2.24) is 9.21 Å². The SMILES string of the molecule is N#Cc1ccc(S(=O)(=O)N2CCCN(C(=O)c3ccccc3F)CC2)cc1Cl. The minimum atomic E-state index is -3.83. The first-order chi connectivity index (χ1) is 13.3. The van der Waals surface area contributed by atoms with E-state index < -0.39 is 21.7 Å². The van der Waals surface area contributed by atoms with E-state index in [4.69, 9.17) is 16.9 Å². The number of nitrogens with zero attached hydrogens (tertiary/aromatic N) is 3. The van der Waals surface area contributed by atoms with Gasteiger partial charge in [-0.3, -0.25) is 4.79 Å². The van der Waals surface area contributed by atoms with Gasteiger partial charge in [-0.2, -0.15) is 9.57 Å². The van der Waals surface area contributed by atoms with Crippen LogP contribution in [0, 0.1) is 17.1 Å². The van der Waals surface area contributed by atoms with E-state index in [2.05, 4.69) is 0 Å². The molecule has 1 fully saturated rings. The van der Waals surface area contributed by atoms with Crippen LogP contribution < -0.4 is 0 Å². The van der Waals surface area contributed by atoms with E-state index in [9.17, 15) is 17.6 Å².